The molecular formula is C21H25N3O4S. The third-order valence-corrected chi connectivity index (χ3v) is 4.04. The Balaban J connectivity index is 1.85. The van der Waals surface area contributed by atoms with E-state index < -0.39 is 0 Å². The predicted molar refractivity (Wildman–Crippen MR) is 117 cm³/mol. The third-order valence-electron chi connectivity index (χ3n) is 3.83. The number of methoxy groups -OCH3 is 1. The van der Waals surface area contributed by atoms with E-state index in [1.54, 1.807) is 55.6 Å². The molecule has 0 bridgehead atoms. The van der Waals surface area contributed by atoms with E-state index in [0.29, 0.717) is 35.9 Å². The van der Waals surface area contributed by atoms with Gasteiger partial charge < -0.3 is 20.1 Å². The molecule has 154 valence electrons. The van der Waals surface area contributed by atoms with Crippen molar-refractivity contribution in [2.75, 3.05) is 31.0 Å². The lowest BCUT2D eigenvalue weighted by atomic mass is 10.2. The minimum Gasteiger partial charge on any atom is -0.491 e. The van der Waals surface area contributed by atoms with Gasteiger partial charge in [0, 0.05) is 30.0 Å². The van der Waals surface area contributed by atoms with E-state index in [1.807, 2.05) is 13.8 Å². The number of ether oxygens (including phenoxy) is 2. The largest absolute Gasteiger partial charge is 0.491 e. The number of hydrogen-bond acceptors (Lipinski definition) is 5. The third kappa shape index (κ3) is 7.52. The second kappa shape index (κ2) is 11.1. The van der Waals surface area contributed by atoms with Gasteiger partial charge in [0.15, 0.2) is 5.11 Å². The van der Waals surface area contributed by atoms with Crippen LogP contribution in [0.5, 0.6) is 5.75 Å². The first-order valence-corrected chi connectivity index (χ1v) is 9.55. The molecule has 0 aliphatic heterocycles. The van der Waals surface area contributed by atoms with Crippen LogP contribution in [0.15, 0.2) is 48.5 Å². The molecule has 2 rings (SSSR count). The Kier molecular flexibility index (Phi) is 8.57. The zero-order valence-electron chi connectivity index (χ0n) is 16.7. The maximum Gasteiger partial charge on any atom is 0.257 e. The zero-order valence-corrected chi connectivity index (χ0v) is 17.5. The summed E-state index contributed by atoms with van der Waals surface area (Å²) in [5.41, 5.74) is 1.84. The van der Waals surface area contributed by atoms with Crippen molar-refractivity contribution in [3.63, 3.8) is 0 Å². The molecule has 0 saturated heterocycles. The normalized spacial score (nSPS) is 10.3. The summed E-state index contributed by atoms with van der Waals surface area (Å²) in [7, 11) is 1.60. The molecule has 3 N–H and O–H groups in total. The van der Waals surface area contributed by atoms with Crippen LogP contribution in [0.4, 0.5) is 11.4 Å². The molecule has 0 radical (unpaired) electrons. The van der Waals surface area contributed by atoms with Gasteiger partial charge in [-0.25, -0.2) is 0 Å². The summed E-state index contributed by atoms with van der Waals surface area (Å²) < 4.78 is 10.4. The van der Waals surface area contributed by atoms with Gasteiger partial charge >= 0.3 is 0 Å². The fourth-order valence-corrected chi connectivity index (χ4v) is 2.42. The zero-order chi connectivity index (χ0) is 21.2. The smallest absolute Gasteiger partial charge is 0.257 e. The predicted octanol–water partition coefficient (Wildman–Crippen LogP) is 3.43. The quantitative estimate of drug-likeness (QED) is 0.452. The maximum absolute atomic E-state index is 12.3. The summed E-state index contributed by atoms with van der Waals surface area (Å²) in [4.78, 5) is 24.0. The Morgan fingerprint density at radius 3 is 2.07 bits per heavy atom. The molecule has 0 aliphatic rings. The molecule has 0 aliphatic carbocycles. The molecule has 2 aromatic rings. The topological polar surface area (TPSA) is 88.7 Å². The monoisotopic (exact) mass is 415 g/mol. The van der Waals surface area contributed by atoms with Crippen LogP contribution < -0.4 is 20.7 Å². The number of amides is 2. The van der Waals surface area contributed by atoms with Crippen LogP contribution in [-0.4, -0.2) is 37.3 Å². The van der Waals surface area contributed by atoms with Crippen molar-refractivity contribution in [1.29, 1.82) is 0 Å². The van der Waals surface area contributed by atoms with Gasteiger partial charge in [0.25, 0.3) is 5.91 Å². The van der Waals surface area contributed by atoms with Crippen molar-refractivity contribution in [2.24, 2.45) is 5.92 Å². The van der Waals surface area contributed by atoms with E-state index in [4.69, 9.17) is 21.7 Å². The second-order valence-electron chi connectivity index (χ2n) is 6.50. The standard InChI is InChI=1S/C21H25N3O4S/c1-14(2)19(25)22-16-6-8-17(9-7-16)23-21(29)24-20(26)15-4-10-18(11-5-15)28-13-12-27-3/h4-11,14H,12-13H2,1-3H3,(H,22,25)(H2,23,24,26,29). The summed E-state index contributed by atoms with van der Waals surface area (Å²) in [5.74, 6) is 0.181. The van der Waals surface area contributed by atoms with Crippen LogP contribution in [0, 0.1) is 5.92 Å². The highest BCUT2D eigenvalue weighted by Gasteiger charge is 2.09. The minimum atomic E-state index is -0.327. The Hall–Kier alpha value is -2.97. The van der Waals surface area contributed by atoms with Crippen molar-refractivity contribution in [1.82, 2.24) is 5.32 Å². The molecule has 8 heteroatoms. The Morgan fingerprint density at radius 1 is 0.931 bits per heavy atom. The van der Waals surface area contributed by atoms with E-state index in [0.717, 1.165) is 0 Å². The molecule has 29 heavy (non-hydrogen) atoms. The SMILES string of the molecule is COCCOc1ccc(C(=O)NC(=S)Nc2ccc(NC(=O)C(C)C)cc2)cc1. The first kappa shape index (κ1) is 22.3. The van der Waals surface area contributed by atoms with E-state index in [1.165, 1.54) is 0 Å². The van der Waals surface area contributed by atoms with Gasteiger partial charge in [-0.15, -0.1) is 0 Å². The lowest BCUT2D eigenvalue weighted by Gasteiger charge is -2.12. The molecule has 0 atom stereocenters. The van der Waals surface area contributed by atoms with E-state index >= 15 is 0 Å². The van der Waals surface area contributed by atoms with Gasteiger partial charge in [-0.1, -0.05) is 13.8 Å². The molecular weight excluding hydrogens is 390 g/mol. The first-order chi connectivity index (χ1) is 13.9. The van der Waals surface area contributed by atoms with Gasteiger partial charge in [0.1, 0.15) is 12.4 Å². The molecule has 7 nitrogen and oxygen atoms in total. The van der Waals surface area contributed by atoms with Gasteiger partial charge in [-0.05, 0) is 60.7 Å². The lowest BCUT2D eigenvalue weighted by molar-refractivity contribution is -0.118. The summed E-state index contributed by atoms with van der Waals surface area (Å²) in [6.45, 7) is 4.59. The number of rotatable bonds is 8. The molecule has 0 heterocycles. The molecule has 0 saturated carbocycles. The van der Waals surface area contributed by atoms with Gasteiger partial charge in [0.05, 0.1) is 6.61 Å². The average molecular weight is 416 g/mol. The number of carbonyl (C=O) groups is 2. The highest BCUT2D eigenvalue weighted by Crippen LogP contribution is 2.15. The summed E-state index contributed by atoms with van der Waals surface area (Å²) in [6.07, 6.45) is 0. The van der Waals surface area contributed by atoms with Crippen LogP contribution in [-0.2, 0) is 9.53 Å². The minimum absolute atomic E-state index is 0.0522. The van der Waals surface area contributed by atoms with Gasteiger partial charge in [-0.3, -0.25) is 14.9 Å². The highest BCUT2D eigenvalue weighted by molar-refractivity contribution is 7.80. The van der Waals surface area contributed by atoms with Crippen molar-refractivity contribution in [3.8, 4) is 5.75 Å². The molecule has 2 amide bonds. The van der Waals surface area contributed by atoms with E-state index in [-0.39, 0.29) is 22.8 Å². The van der Waals surface area contributed by atoms with Gasteiger partial charge in [-0.2, -0.15) is 0 Å². The summed E-state index contributed by atoms with van der Waals surface area (Å²) in [5, 5.41) is 8.55. The van der Waals surface area contributed by atoms with E-state index in [9.17, 15) is 9.59 Å². The van der Waals surface area contributed by atoms with Crippen molar-refractivity contribution >= 4 is 40.5 Å². The second-order valence-corrected chi connectivity index (χ2v) is 6.90. The lowest BCUT2D eigenvalue weighted by Crippen LogP contribution is -2.34. The first-order valence-electron chi connectivity index (χ1n) is 9.14. The number of thiocarbonyl (C=S) groups is 1. The fraction of sp³-hybridized carbons (Fsp3) is 0.286. The molecule has 0 spiro atoms. The van der Waals surface area contributed by atoms with Crippen molar-refractivity contribution in [2.45, 2.75) is 13.8 Å². The Bertz CT molecular complexity index is 836. The number of hydrogen-bond donors (Lipinski definition) is 3. The maximum atomic E-state index is 12.3. The molecule has 0 unspecified atom stereocenters. The summed E-state index contributed by atoms with van der Waals surface area (Å²) >= 11 is 5.19. The van der Waals surface area contributed by atoms with Gasteiger partial charge in [0.2, 0.25) is 5.91 Å². The number of anilines is 2. The Morgan fingerprint density at radius 2 is 1.52 bits per heavy atom. The molecule has 0 aromatic heterocycles. The molecule has 0 fully saturated rings. The van der Waals surface area contributed by atoms with Crippen molar-refractivity contribution < 1.29 is 19.1 Å². The van der Waals surface area contributed by atoms with Crippen LogP contribution in [0.3, 0.4) is 0 Å². The fourth-order valence-electron chi connectivity index (χ4n) is 2.21. The highest BCUT2D eigenvalue weighted by atomic mass is 32.1. The average Bonchev–Trinajstić information content (AvgIpc) is 2.70. The number of carbonyl (C=O) groups excluding carboxylic acids is 2. The molecule has 2 aromatic carbocycles. The van der Waals surface area contributed by atoms with Crippen LogP contribution in [0.1, 0.15) is 24.2 Å². The number of nitrogens with one attached hydrogen (secondary N) is 3. The van der Waals surface area contributed by atoms with Crippen LogP contribution in [0.25, 0.3) is 0 Å². The van der Waals surface area contributed by atoms with E-state index in [2.05, 4.69) is 16.0 Å². The van der Waals surface area contributed by atoms with Crippen LogP contribution in [0.2, 0.25) is 0 Å². The Labute approximate surface area is 175 Å². The summed E-state index contributed by atoms with van der Waals surface area (Å²) in [6, 6.07) is 13.8. The number of benzene rings is 2. The van der Waals surface area contributed by atoms with Crippen molar-refractivity contribution in [3.05, 3.63) is 54.1 Å². The van der Waals surface area contributed by atoms with Crippen LogP contribution >= 0.6 is 12.2 Å².